The summed E-state index contributed by atoms with van der Waals surface area (Å²) in [5.74, 6) is 1.42. The quantitative estimate of drug-likeness (QED) is 0.894. The second-order valence-corrected chi connectivity index (χ2v) is 7.48. The van der Waals surface area contributed by atoms with Gasteiger partial charge in [-0.05, 0) is 62.7 Å². The Morgan fingerprint density at radius 2 is 1.52 bits per heavy atom. The van der Waals surface area contributed by atoms with Gasteiger partial charge in [-0.1, -0.05) is 45.0 Å². The molecule has 1 aromatic rings. The lowest BCUT2D eigenvalue weighted by atomic mass is 9.70. The molecule has 1 atom stereocenters. The highest BCUT2D eigenvalue weighted by molar-refractivity contribution is 5.29. The van der Waals surface area contributed by atoms with Crippen LogP contribution in [0.1, 0.15) is 69.5 Å². The van der Waals surface area contributed by atoms with Gasteiger partial charge in [0.25, 0.3) is 0 Å². The zero-order chi connectivity index (χ0) is 15.6. The Kier molecular flexibility index (Phi) is 5.11. The van der Waals surface area contributed by atoms with Crippen molar-refractivity contribution in [3.8, 4) is 0 Å². The van der Waals surface area contributed by atoms with Crippen molar-refractivity contribution in [1.82, 2.24) is 4.90 Å². The summed E-state index contributed by atoms with van der Waals surface area (Å²) in [4.78, 5) is 2.37. The number of nitrogens with two attached hydrogens (primary N) is 1. The molecule has 1 aliphatic carbocycles. The number of hydrogen-bond acceptors (Lipinski definition) is 2. The summed E-state index contributed by atoms with van der Waals surface area (Å²) in [5, 5.41) is 0. The average molecular weight is 288 g/mol. The standard InChI is InChI=1S/C19H32N2/c1-14(2)16-6-8-17(9-7-16)18(20)19(21(4)5)12-10-15(3)11-13-19/h6-9,14-15,18H,10-13,20H2,1-5H3. The molecule has 0 radical (unpaired) electrons. The predicted octanol–water partition coefficient (Wildman–Crippen LogP) is 4.32. The van der Waals surface area contributed by atoms with Crippen LogP contribution in [0.25, 0.3) is 0 Å². The lowest BCUT2D eigenvalue weighted by Gasteiger charge is -2.48. The Balaban J connectivity index is 2.24. The van der Waals surface area contributed by atoms with Crippen LogP contribution < -0.4 is 5.73 Å². The van der Waals surface area contributed by atoms with Gasteiger partial charge in [-0.25, -0.2) is 0 Å². The molecule has 2 N–H and O–H groups in total. The van der Waals surface area contributed by atoms with Gasteiger partial charge in [0, 0.05) is 11.6 Å². The van der Waals surface area contributed by atoms with Crippen molar-refractivity contribution in [3.63, 3.8) is 0 Å². The van der Waals surface area contributed by atoms with E-state index in [9.17, 15) is 0 Å². The van der Waals surface area contributed by atoms with E-state index < -0.39 is 0 Å². The van der Waals surface area contributed by atoms with Crippen molar-refractivity contribution in [2.45, 2.75) is 64.0 Å². The molecule has 2 rings (SSSR count). The van der Waals surface area contributed by atoms with Crippen molar-refractivity contribution in [1.29, 1.82) is 0 Å². The predicted molar refractivity (Wildman–Crippen MR) is 91.5 cm³/mol. The summed E-state index contributed by atoms with van der Waals surface area (Å²) in [7, 11) is 4.39. The van der Waals surface area contributed by atoms with Crippen molar-refractivity contribution < 1.29 is 0 Å². The summed E-state index contributed by atoms with van der Waals surface area (Å²) in [6, 6.07) is 9.07. The molecule has 118 valence electrons. The third-order valence-corrected chi connectivity index (χ3v) is 5.57. The lowest BCUT2D eigenvalue weighted by molar-refractivity contribution is 0.0564. The summed E-state index contributed by atoms with van der Waals surface area (Å²) < 4.78 is 0. The van der Waals surface area contributed by atoms with Crippen LogP contribution in [0, 0.1) is 5.92 Å². The average Bonchev–Trinajstić information content (AvgIpc) is 2.47. The zero-order valence-corrected chi connectivity index (χ0v) is 14.4. The Labute approximate surface area is 130 Å². The third-order valence-electron chi connectivity index (χ3n) is 5.57. The molecule has 1 fully saturated rings. The topological polar surface area (TPSA) is 29.3 Å². The molecule has 0 amide bonds. The number of rotatable bonds is 4. The van der Waals surface area contributed by atoms with Crippen molar-refractivity contribution in [3.05, 3.63) is 35.4 Å². The van der Waals surface area contributed by atoms with Gasteiger partial charge in [0.2, 0.25) is 0 Å². The number of likely N-dealkylation sites (N-methyl/N-ethyl adjacent to an activating group) is 1. The monoisotopic (exact) mass is 288 g/mol. The van der Waals surface area contributed by atoms with E-state index in [0.717, 1.165) is 5.92 Å². The Hall–Kier alpha value is -0.860. The van der Waals surface area contributed by atoms with E-state index in [1.54, 1.807) is 0 Å². The summed E-state index contributed by atoms with van der Waals surface area (Å²) in [6.45, 7) is 6.83. The fraction of sp³-hybridized carbons (Fsp3) is 0.684. The molecule has 1 unspecified atom stereocenters. The van der Waals surface area contributed by atoms with Gasteiger partial charge in [-0.2, -0.15) is 0 Å². The highest BCUT2D eigenvalue weighted by Crippen LogP contribution is 2.42. The Morgan fingerprint density at radius 3 is 1.95 bits per heavy atom. The number of hydrogen-bond donors (Lipinski definition) is 1. The van der Waals surface area contributed by atoms with E-state index in [0.29, 0.717) is 5.92 Å². The molecule has 0 aliphatic heterocycles. The van der Waals surface area contributed by atoms with Gasteiger partial charge in [-0.15, -0.1) is 0 Å². The number of nitrogens with zero attached hydrogens (tertiary/aromatic N) is 1. The normalized spacial score (nSPS) is 28.1. The van der Waals surface area contributed by atoms with Crippen molar-refractivity contribution >= 4 is 0 Å². The molecule has 0 heterocycles. The van der Waals surface area contributed by atoms with Gasteiger partial charge in [0.15, 0.2) is 0 Å². The van der Waals surface area contributed by atoms with Crippen LogP contribution >= 0.6 is 0 Å². The maximum absolute atomic E-state index is 6.74. The van der Waals surface area contributed by atoms with Gasteiger partial charge >= 0.3 is 0 Å². The fourth-order valence-electron chi connectivity index (χ4n) is 3.70. The van der Waals surface area contributed by atoms with Crippen LogP contribution in [0.4, 0.5) is 0 Å². The minimum absolute atomic E-state index is 0.0983. The first-order valence-corrected chi connectivity index (χ1v) is 8.39. The second kappa shape index (κ2) is 6.50. The summed E-state index contributed by atoms with van der Waals surface area (Å²) in [6.07, 6.45) is 4.98. The first kappa shape index (κ1) is 16.5. The molecule has 1 aromatic carbocycles. The largest absolute Gasteiger partial charge is 0.322 e. The Morgan fingerprint density at radius 1 is 1.05 bits per heavy atom. The summed E-state index contributed by atoms with van der Waals surface area (Å²) >= 11 is 0. The highest BCUT2D eigenvalue weighted by atomic mass is 15.2. The molecular formula is C19H32N2. The number of benzene rings is 1. The fourth-order valence-corrected chi connectivity index (χ4v) is 3.70. The molecule has 0 saturated heterocycles. The van der Waals surface area contributed by atoms with Crippen LogP contribution in [0.2, 0.25) is 0 Å². The molecule has 2 heteroatoms. The van der Waals surface area contributed by atoms with Crippen molar-refractivity contribution in [2.24, 2.45) is 11.7 Å². The zero-order valence-electron chi connectivity index (χ0n) is 14.4. The van der Waals surface area contributed by atoms with E-state index in [4.69, 9.17) is 5.73 Å². The van der Waals surface area contributed by atoms with Crippen molar-refractivity contribution in [2.75, 3.05) is 14.1 Å². The first-order valence-electron chi connectivity index (χ1n) is 8.39. The van der Waals surface area contributed by atoms with E-state index in [1.165, 1.54) is 36.8 Å². The van der Waals surface area contributed by atoms with Gasteiger partial charge in [0.05, 0.1) is 0 Å². The second-order valence-electron chi connectivity index (χ2n) is 7.48. The van der Waals surface area contributed by atoms with Crippen LogP contribution in [-0.2, 0) is 0 Å². The van der Waals surface area contributed by atoms with Crippen LogP contribution in [0.15, 0.2) is 24.3 Å². The molecule has 1 saturated carbocycles. The molecule has 0 spiro atoms. The van der Waals surface area contributed by atoms with E-state index >= 15 is 0 Å². The Bertz CT molecular complexity index is 439. The highest BCUT2D eigenvalue weighted by Gasteiger charge is 2.41. The maximum atomic E-state index is 6.74. The third kappa shape index (κ3) is 3.32. The molecule has 1 aliphatic rings. The molecule has 2 nitrogen and oxygen atoms in total. The van der Waals surface area contributed by atoms with E-state index in [2.05, 4.69) is 64.0 Å². The van der Waals surface area contributed by atoms with Gasteiger partial charge in [0.1, 0.15) is 0 Å². The molecular weight excluding hydrogens is 256 g/mol. The summed E-state index contributed by atoms with van der Waals surface area (Å²) in [5.41, 5.74) is 9.52. The van der Waals surface area contributed by atoms with Gasteiger partial charge < -0.3 is 10.6 Å². The van der Waals surface area contributed by atoms with E-state index in [-0.39, 0.29) is 11.6 Å². The molecule has 0 aromatic heterocycles. The molecule has 21 heavy (non-hydrogen) atoms. The minimum atomic E-state index is 0.0983. The van der Waals surface area contributed by atoms with E-state index in [1.807, 2.05) is 0 Å². The van der Waals surface area contributed by atoms with Gasteiger partial charge in [-0.3, -0.25) is 0 Å². The molecule has 0 bridgehead atoms. The minimum Gasteiger partial charge on any atom is -0.322 e. The lowest BCUT2D eigenvalue weighted by Crippen LogP contribution is -2.54. The smallest absolute Gasteiger partial charge is 0.0481 e. The first-order chi connectivity index (χ1) is 9.86. The van der Waals surface area contributed by atoms with Crippen LogP contribution in [0.3, 0.4) is 0 Å². The van der Waals surface area contributed by atoms with Crippen LogP contribution in [-0.4, -0.2) is 24.5 Å². The SMILES string of the molecule is CC1CCC(C(N)c2ccc(C(C)C)cc2)(N(C)C)CC1. The van der Waals surface area contributed by atoms with Crippen LogP contribution in [0.5, 0.6) is 0 Å². The maximum Gasteiger partial charge on any atom is 0.0481 e.